The molecule has 1 aliphatic heterocycles. The van der Waals surface area contributed by atoms with Gasteiger partial charge in [0.25, 0.3) is 5.56 Å². The number of carbonyl (C=O) groups is 1. The molecule has 2 aromatic carbocycles. The molecular formula is C24H19F3N2O2. The smallest absolute Gasteiger partial charge is 0.252 e. The van der Waals surface area contributed by atoms with Crippen molar-refractivity contribution in [2.75, 3.05) is 6.54 Å². The number of hydrogen-bond acceptors (Lipinski definition) is 2. The van der Waals surface area contributed by atoms with Crippen LogP contribution in [0.3, 0.4) is 0 Å². The first kappa shape index (κ1) is 19.6. The average molecular weight is 424 g/mol. The van der Waals surface area contributed by atoms with Crippen molar-refractivity contribution in [2.24, 2.45) is 5.92 Å². The van der Waals surface area contributed by atoms with Gasteiger partial charge in [-0.2, -0.15) is 0 Å². The lowest BCUT2D eigenvalue weighted by atomic mass is 9.98. The summed E-state index contributed by atoms with van der Waals surface area (Å²) >= 11 is 0. The molecule has 1 amide bonds. The maximum Gasteiger partial charge on any atom is 0.252 e. The molecular weight excluding hydrogens is 405 g/mol. The van der Waals surface area contributed by atoms with Crippen molar-refractivity contribution in [1.82, 2.24) is 9.88 Å². The number of aryl methyl sites for hydroxylation is 1. The molecule has 2 unspecified atom stereocenters. The van der Waals surface area contributed by atoms with Crippen LogP contribution in [0.2, 0.25) is 0 Å². The van der Waals surface area contributed by atoms with E-state index in [1.54, 1.807) is 23.1 Å². The second-order valence-electron chi connectivity index (χ2n) is 8.18. The predicted octanol–water partition coefficient (Wildman–Crippen LogP) is 4.11. The fourth-order valence-electron chi connectivity index (χ4n) is 4.90. The number of likely N-dealkylation sites (tertiary alicyclic amines) is 1. The molecule has 2 heterocycles. The minimum Gasteiger partial charge on any atom is -0.335 e. The highest BCUT2D eigenvalue weighted by Crippen LogP contribution is 2.42. The fourth-order valence-corrected chi connectivity index (χ4v) is 4.90. The van der Waals surface area contributed by atoms with Gasteiger partial charge in [0, 0.05) is 23.1 Å². The molecule has 158 valence electrons. The van der Waals surface area contributed by atoms with Crippen molar-refractivity contribution >= 4 is 22.4 Å². The van der Waals surface area contributed by atoms with Crippen LogP contribution in [0.25, 0.3) is 16.5 Å². The van der Waals surface area contributed by atoms with E-state index in [4.69, 9.17) is 0 Å². The number of aromatic amines is 1. The lowest BCUT2D eigenvalue weighted by Crippen LogP contribution is -2.39. The largest absolute Gasteiger partial charge is 0.335 e. The zero-order valence-corrected chi connectivity index (χ0v) is 16.7. The third-order valence-corrected chi connectivity index (χ3v) is 6.39. The van der Waals surface area contributed by atoms with Gasteiger partial charge in [-0.15, -0.1) is 0 Å². The van der Waals surface area contributed by atoms with E-state index in [1.807, 2.05) is 6.08 Å². The van der Waals surface area contributed by atoms with Gasteiger partial charge in [0.2, 0.25) is 5.91 Å². The van der Waals surface area contributed by atoms with Gasteiger partial charge in [-0.3, -0.25) is 9.59 Å². The van der Waals surface area contributed by atoms with Gasteiger partial charge in [-0.1, -0.05) is 24.3 Å². The number of fused-ring (bicyclic) bond motifs is 3. The molecule has 1 aliphatic carbocycles. The molecule has 0 radical (unpaired) electrons. The Hall–Kier alpha value is -3.35. The average Bonchev–Trinajstić information content (AvgIpc) is 3.35. The lowest BCUT2D eigenvalue weighted by molar-refractivity contribution is -0.130. The first-order valence-corrected chi connectivity index (χ1v) is 10.1. The van der Waals surface area contributed by atoms with Gasteiger partial charge in [0.1, 0.15) is 5.82 Å². The highest BCUT2D eigenvalue weighted by atomic mass is 19.2. The van der Waals surface area contributed by atoms with E-state index in [0.29, 0.717) is 18.5 Å². The third kappa shape index (κ3) is 3.07. The van der Waals surface area contributed by atoms with Gasteiger partial charge in [-0.25, -0.2) is 13.2 Å². The van der Waals surface area contributed by atoms with Crippen LogP contribution in [0.15, 0.2) is 47.3 Å². The molecule has 7 heteroatoms. The lowest BCUT2D eigenvalue weighted by Gasteiger charge is -2.29. The van der Waals surface area contributed by atoms with E-state index in [-0.39, 0.29) is 52.1 Å². The topological polar surface area (TPSA) is 53.2 Å². The molecule has 0 saturated carbocycles. The van der Waals surface area contributed by atoms with E-state index < -0.39 is 17.2 Å². The van der Waals surface area contributed by atoms with Crippen molar-refractivity contribution in [2.45, 2.75) is 25.8 Å². The summed E-state index contributed by atoms with van der Waals surface area (Å²) in [6.07, 6.45) is 2.49. The van der Waals surface area contributed by atoms with Crippen LogP contribution in [-0.2, 0) is 11.2 Å². The SMILES string of the molecule is Cc1c(CC(=O)N2CC3C=C(c4ccccc4F)C2C3)c(=O)[nH]c2ccc(F)c(F)c12. The van der Waals surface area contributed by atoms with Crippen molar-refractivity contribution in [1.29, 1.82) is 0 Å². The van der Waals surface area contributed by atoms with Crippen molar-refractivity contribution < 1.29 is 18.0 Å². The molecule has 31 heavy (non-hydrogen) atoms. The molecule has 2 bridgehead atoms. The summed E-state index contributed by atoms with van der Waals surface area (Å²) in [7, 11) is 0. The molecule has 1 aromatic heterocycles. The highest BCUT2D eigenvalue weighted by molar-refractivity contribution is 5.88. The molecule has 0 spiro atoms. The minimum absolute atomic E-state index is 0.0303. The van der Waals surface area contributed by atoms with Crippen LogP contribution in [0, 0.1) is 30.3 Å². The highest BCUT2D eigenvalue weighted by Gasteiger charge is 2.42. The first-order valence-electron chi connectivity index (χ1n) is 10.1. The Morgan fingerprint density at radius 2 is 1.90 bits per heavy atom. The monoisotopic (exact) mass is 424 g/mol. The second kappa shape index (κ2) is 7.11. The molecule has 2 aliphatic rings. The minimum atomic E-state index is -1.05. The van der Waals surface area contributed by atoms with Gasteiger partial charge in [-0.05, 0) is 48.6 Å². The maximum absolute atomic E-state index is 14.4. The molecule has 2 atom stereocenters. The van der Waals surface area contributed by atoms with Gasteiger partial charge >= 0.3 is 0 Å². The van der Waals surface area contributed by atoms with Crippen LogP contribution in [0.1, 0.15) is 23.1 Å². The standard InChI is InChI=1S/C24H19F3N2O2/c1-12-15(24(31)28-19-7-6-18(26)23(27)22(12)19)10-21(30)29-11-13-8-16(20(29)9-13)14-4-2-3-5-17(14)25/h2-8,13,20H,9-11H2,1H3,(H,28,31). The summed E-state index contributed by atoms with van der Waals surface area (Å²) in [6, 6.07) is 8.45. The van der Waals surface area contributed by atoms with Crippen LogP contribution < -0.4 is 5.56 Å². The number of nitrogens with one attached hydrogen (secondary N) is 1. The van der Waals surface area contributed by atoms with E-state index in [1.165, 1.54) is 19.1 Å². The van der Waals surface area contributed by atoms with Gasteiger partial charge in [0.15, 0.2) is 11.6 Å². The van der Waals surface area contributed by atoms with E-state index in [0.717, 1.165) is 11.6 Å². The molecule has 1 N–H and O–H groups in total. The quantitative estimate of drug-likeness (QED) is 0.688. The summed E-state index contributed by atoms with van der Waals surface area (Å²) in [5.41, 5.74) is 1.30. The zero-order chi connectivity index (χ0) is 21.9. The van der Waals surface area contributed by atoms with Crippen LogP contribution in [0.4, 0.5) is 13.2 Å². The fraction of sp³-hybridized carbons (Fsp3) is 0.250. The Bertz CT molecular complexity index is 1330. The Balaban J connectivity index is 1.47. The number of hydrogen-bond donors (Lipinski definition) is 1. The van der Waals surface area contributed by atoms with E-state index in [9.17, 15) is 22.8 Å². The number of H-pyrrole nitrogens is 1. The Morgan fingerprint density at radius 1 is 1.13 bits per heavy atom. The molecule has 1 fully saturated rings. The predicted molar refractivity (Wildman–Crippen MR) is 111 cm³/mol. The van der Waals surface area contributed by atoms with E-state index >= 15 is 0 Å². The second-order valence-corrected chi connectivity index (χ2v) is 8.18. The summed E-state index contributed by atoms with van der Waals surface area (Å²) in [5, 5.41) is -0.0303. The van der Waals surface area contributed by atoms with Crippen LogP contribution in [0.5, 0.6) is 0 Å². The third-order valence-electron chi connectivity index (χ3n) is 6.39. The first-order chi connectivity index (χ1) is 14.8. The Labute approximate surface area is 176 Å². The number of rotatable bonds is 3. The van der Waals surface area contributed by atoms with Crippen LogP contribution in [-0.4, -0.2) is 28.4 Å². The normalized spacial score (nSPS) is 19.9. The summed E-state index contributed by atoms with van der Waals surface area (Å²) in [4.78, 5) is 29.9. The van der Waals surface area contributed by atoms with E-state index in [2.05, 4.69) is 4.98 Å². The number of halogens is 3. The number of benzene rings is 2. The summed E-state index contributed by atoms with van der Waals surface area (Å²) in [6.45, 7) is 2.01. The maximum atomic E-state index is 14.4. The van der Waals surface area contributed by atoms with Crippen molar-refractivity contribution in [3.8, 4) is 0 Å². The van der Waals surface area contributed by atoms with Crippen LogP contribution >= 0.6 is 0 Å². The summed E-state index contributed by atoms with van der Waals surface area (Å²) < 4.78 is 42.4. The molecule has 5 rings (SSSR count). The summed E-state index contributed by atoms with van der Waals surface area (Å²) in [5.74, 6) is -2.57. The van der Waals surface area contributed by atoms with Crippen molar-refractivity contribution in [3.63, 3.8) is 0 Å². The van der Waals surface area contributed by atoms with Gasteiger partial charge < -0.3 is 9.88 Å². The number of aromatic nitrogens is 1. The molecule has 3 aromatic rings. The zero-order valence-electron chi connectivity index (χ0n) is 16.7. The number of nitrogens with zero attached hydrogens (tertiary/aromatic N) is 1. The van der Waals surface area contributed by atoms with Crippen molar-refractivity contribution in [3.05, 3.63) is 87.0 Å². The number of pyridine rings is 1. The van der Waals surface area contributed by atoms with Gasteiger partial charge in [0.05, 0.1) is 18.0 Å². The molecule has 1 saturated heterocycles. The Morgan fingerprint density at radius 3 is 2.65 bits per heavy atom. The number of amides is 1. The number of carbonyl (C=O) groups excluding carboxylic acids is 1. The Kier molecular flexibility index (Phi) is 4.50. The molecule has 4 nitrogen and oxygen atoms in total.